The molecule has 0 heterocycles. The van der Waals surface area contributed by atoms with Gasteiger partial charge in [0, 0.05) is 13.1 Å². The monoisotopic (exact) mass is 277 g/mol. The molecule has 0 aliphatic carbocycles. The van der Waals surface area contributed by atoms with Crippen LogP contribution in [0.15, 0.2) is 24.3 Å². The average Bonchev–Trinajstić information content (AvgIpc) is 2.45. The second-order valence-corrected chi connectivity index (χ2v) is 4.78. The van der Waals surface area contributed by atoms with Crippen molar-refractivity contribution in [1.29, 1.82) is 0 Å². The summed E-state index contributed by atoms with van der Waals surface area (Å²) in [6, 6.07) is 7.05. The van der Waals surface area contributed by atoms with E-state index in [0.717, 1.165) is 17.5 Å². The Bertz CT molecular complexity index is 443. The summed E-state index contributed by atoms with van der Waals surface area (Å²) in [4.78, 5) is 23.5. The number of amides is 2. The van der Waals surface area contributed by atoms with E-state index in [1.165, 1.54) is 0 Å². The standard InChI is InChI=1S/C15H23N3O2/c1-3-8-17-15(20)11(2)18-14(19)9-12-4-6-13(10-16)7-5-12/h4-7,11H,3,8-10,16H2,1-2H3,(H,17,20)(H,18,19). The smallest absolute Gasteiger partial charge is 0.242 e. The fourth-order valence-electron chi connectivity index (χ4n) is 1.74. The summed E-state index contributed by atoms with van der Waals surface area (Å²) >= 11 is 0. The van der Waals surface area contributed by atoms with Gasteiger partial charge in [-0.2, -0.15) is 0 Å². The van der Waals surface area contributed by atoms with Gasteiger partial charge in [0.2, 0.25) is 11.8 Å². The van der Waals surface area contributed by atoms with Crippen LogP contribution in [0.2, 0.25) is 0 Å². The zero-order valence-electron chi connectivity index (χ0n) is 12.1. The molecular weight excluding hydrogens is 254 g/mol. The Morgan fingerprint density at radius 1 is 1.20 bits per heavy atom. The SMILES string of the molecule is CCCNC(=O)C(C)NC(=O)Cc1ccc(CN)cc1. The van der Waals surface area contributed by atoms with E-state index in [1.807, 2.05) is 31.2 Å². The molecule has 0 saturated heterocycles. The molecule has 0 bridgehead atoms. The Balaban J connectivity index is 2.44. The van der Waals surface area contributed by atoms with Crippen LogP contribution in [-0.4, -0.2) is 24.4 Å². The molecule has 1 unspecified atom stereocenters. The normalized spacial score (nSPS) is 11.8. The second-order valence-electron chi connectivity index (χ2n) is 4.78. The Kier molecular flexibility index (Phi) is 6.73. The first-order valence-electron chi connectivity index (χ1n) is 6.91. The molecule has 1 atom stereocenters. The van der Waals surface area contributed by atoms with E-state index >= 15 is 0 Å². The van der Waals surface area contributed by atoms with Crippen LogP contribution >= 0.6 is 0 Å². The summed E-state index contributed by atoms with van der Waals surface area (Å²) in [5, 5.41) is 5.44. The number of nitrogens with two attached hydrogens (primary N) is 1. The largest absolute Gasteiger partial charge is 0.354 e. The number of hydrogen-bond acceptors (Lipinski definition) is 3. The molecule has 1 aromatic carbocycles. The van der Waals surface area contributed by atoms with Gasteiger partial charge in [0.05, 0.1) is 6.42 Å². The van der Waals surface area contributed by atoms with Crippen LogP contribution in [0.25, 0.3) is 0 Å². The number of rotatable bonds is 7. The van der Waals surface area contributed by atoms with Crippen molar-refractivity contribution in [3.8, 4) is 0 Å². The molecule has 0 aliphatic heterocycles. The van der Waals surface area contributed by atoms with Crippen LogP contribution in [0.5, 0.6) is 0 Å². The fraction of sp³-hybridized carbons (Fsp3) is 0.467. The van der Waals surface area contributed by atoms with Gasteiger partial charge in [-0.3, -0.25) is 9.59 Å². The van der Waals surface area contributed by atoms with Crippen LogP contribution in [0.4, 0.5) is 0 Å². The first-order valence-corrected chi connectivity index (χ1v) is 6.91. The third-order valence-corrected chi connectivity index (χ3v) is 2.94. The summed E-state index contributed by atoms with van der Waals surface area (Å²) < 4.78 is 0. The van der Waals surface area contributed by atoms with Gasteiger partial charge in [-0.25, -0.2) is 0 Å². The van der Waals surface area contributed by atoms with Gasteiger partial charge >= 0.3 is 0 Å². The molecule has 4 N–H and O–H groups in total. The Labute approximate surface area is 119 Å². The molecule has 1 rings (SSSR count). The maximum atomic E-state index is 11.8. The predicted molar refractivity (Wildman–Crippen MR) is 78.9 cm³/mol. The highest BCUT2D eigenvalue weighted by atomic mass is 16.2. The number of benzene rings is 1. The molecule has 2 amide bonds. The van der Waals surface area contributed by atoms with Crippen molar-refractivity contribution < 1.29 is 9.59 Å². The summed E-state index contributed by atoms with van der Waals surface area (Å²) in [5.74, 6) is -0.316. The number of hydrogen-bond donors (Lipinski definition) is 3. The molecule has 20 heavy (non-hydrogen) atoms. The topological polar surface area (TPSA) is 84.2 Å². The lowest BCUT2D eigenvalue weighted by Gasteiger charge is -2.13. The van der Waals surface area contributed by atoms with Crippen LogP contribution in [0.1, 0.15) is 31.4 Å². The van der Waals surface area contributed by atoms with E-state index < -0.39 is 6.04 Å². The first-order chi connectivity index (χ1) is 9.56. The zero-order valence-corrected chi connectivity index (χ0v) is 12.1. The molecule has 0 radical (unpaired) electrons. The van der Waals surface area contributed by atoms with Crippen LogP contribution in [0.3, 0.4) is 0 Å². The molecular formula is C15H23N3O2. The van der Waals surface area contributed by atoms with Gasteiger partial charge in [-0.1, -0.05) is 31.2 Å². The second kappa shape index (κ2) is 8.32. The highest BCUT2D eigenvalue weighted by Gasteiger charge is 2.14. The van der Waals surface area contributed by atoms with Crippen molar-refractivity contribution in [1.82, 2.24) is 10.6 Å². The molecule has 1 aromatic rings. The van der Waals surface area contributed by atoms with E-state index in [2.05, 4.69) is 10.6 Å². The zero-order chi connectivity index (χ0) is 15.0. The molecule has 0 spiro atoms. The van der Waals surface area contributed by atoms with Crippen LogP contribution < -0.4 is 16.4 Å². The van der Waals surface area contributed by atoms with Crippen molar-refractivity contribution in [3.63, 3.8) is 0 Å². The lowest BCUT2D eigenvalue weighted by Crippen LogP contribution is -2.45. The Hall–Kier alpha value is -1.88. The minimum absolute atomic E-state index is 0.154. The molecule has 0 aliphatic rings. The number of carbonyl (C=O) groups is 2. The fourth-order valence-corrected chi connectivity index (χ4v) is 1.74. The van der Waals surface area contributed by atoms with Crippen LogP contribution in [-0.2, 0) is 22.6 Å². The van der Waals surface area contributed by atoms with Gasteiger partial charge in [-0.05, 0) is 24.5 Å². The lowest BCUT2D eigenvalue weighted by molar-refractivity contribution is -0.128. The summed E-state index contributed by atoms with van der Waals surface area (Å²) in [6.45, 7) is 4.77. The number of nitrogens with one attached hydrogen (secondary N) is 2. The minimum Gasteiger partial charge on any atom is -0.354 e. The predicted octanol–water partition coefficient (Wildman–Crippen LogP) is 0.719. The third kappa shape index (κ3) is 5.40. The van der Waals surface area contributed by atoms with Crippen molar-refractivity contribution in [2.45, 2.75) is 39.3 Å². The average molecular weight is 277 g/mol. The third-order valence-electron chi connectivity index (χ3n) is 2.94. The molecule has 110 valence electrons. The molecule has 5 heteroatoms. The Morgan fingerprint density at radius 3 is 2.35 bits per heavy atom. The maximum Gasteiger partial charge on any atom is 0.242 e. The minimum atomic E-state index is -0.516. The van der Waals surface area contributed by atoms with E-state index in [9.17, 15) is 9.59 Å². The van der Waals surface area contributed by atoms with Crippen LogP contribution in [0, 0.1) is 0 Å². The quantitative estimate of drug-likeness (QED) is 0.686. The summed E-state index contributed by atoms with van der Waals surface area (Å²) in [5.41, 5.74) is 7.45. The van der Waals surface area contributed by atoms with Crippen molar-refractivity contribution in [3.05, 3.63) is 35.4 Å². The van der Waals surface area contributed by atoms with Crippen molar-refractivity contribution in [2.24, 2.45) is 5.73 Å². The first kappa shape index (κ1) is 16.2. The molecule has 0 aromatic heterocycles. The van der Waals surface area contributed by atoms with Gasteiger partial charge in [0.25, 0.3) is 0 Å². The van der Waals surface area contributed by atoms with E-state index in [0.29, 0.717) is 13.1 Å². The van der Waals surface area contributed by atoms with Gasteiger partial charge < -0.3 is 16.4 Å². The summed E-state index contributed by atoms with van der Waals surface area (Å²) in [7, 11) is 0. The number of carbonyl (C=O) groups excluding carboxylic acids is 2. The van der Waals surface area contributed by atoms with Crippen molar-refractivity contribution in [2.75, 3.05) is 6.54 Å². The highest BCUT2D eigenvalue weighted by molar-refractivity contribution is 5.88. The van der Waals surface area contributed by atoms with E-state index in [1.54, 1.807) is 6.92 Å². The molecule has 0 fully saturated rings. The van der Waals surface area contributed by atoms with E-state index in [4.69, 9.17) is 5.73 Å². The molecule has 5 nitrogen and oxygen atoms in total. The van der Waals surface area contributed by atoms with Crippen molar-refractivity contribution >= 4 is 11.8 Å². The summed E-state index contributed by atoms with van der Waals surface area (Å²) in [6.07, 6.45) is 1.14. The Morgan fingerprint density at radius 2 is 1.80 bits per heavy atom. The maximum absolute atomic E-state index is 11.8. The molecule has 0 saturated carbocycles. The van der Waals surface area contributed by atoms with Gasteiger partial charge in [0.1, 0.15) is 6.04 Å². The lowest BCUT2D eigenvalue weighted by atomic mass is 10.1. The van der Waals surface area contributed by atoms with Gasteiger partial charge in [0.15, 0.2) is 0 Å². The van der Waals surface area contributed by atoms with Gasteiger partial charge in [-0.15, -0.1) is 0 Å². The van der Waals surface area contributed by atoms with E-state index in [-0.39, 0.29) is 18.2 Å². The highest BCUT2D eigenvalue weighted by Crippen LogP contribution is 2.04.